The largest absolute Gasteiger partial charge is 0.485 e. The number of carbonyl (C=O) groups excluding carboxylic acids is 2. The third-order valence-corrected chi connectivity index (χ3v) is 5.94. The lowest BCUT2D eigenvalue weighted by molar-refractivity contribution is -0.136. The summed E-state index contributed by atoms with van der Waals surface area (Å²) in [6.45, 7) is 4.59. The Bertz CT molecular complexity index is 879. The lowest BCUT2D eigenvalue weighted by Gasteiger charge is -2.31. The van der Waals surface area contributed by atoms with Gasteiger partial charge >= 0.3 is 0 Å². The predicted octanol–water partition coefficient (Wildman–Crippen LogP) is 1.65. The minimum absolute atomic E-state index is 0.104. The van der Waals surface area contributed by atoms with Gasteiger partial charge in [-0.1, -0.05) is 12.1 Å². The number of carbonyl (C=O) groups is 2. The van der Waals surface area contributed by atoms with E-state index in [4.69, 9.17) is 9.47 Å². The van der Waals surface area contributed by atoms with Crippen LogP contribution in [-0.2, 0) is 16.1 Å². The summed E-state index contributed by atoms with van der Waals surface area (Å²) in [4.78, 5) is 31.5. The summed E-state index contributed by atoms with van der Waals surface area (Å²) >= 11 is 1.65. The van der Waals surface area contributed by atoms with Crippen molar-refractivity contribution in [2.45, 2.75) is 32.4 Å². The van der Waals surface area contributed by atoms with Crippen LogP contribution in [0.5, 0.6) is 11.5 Å². The molecule has 0 saturated carbocycles. The molecule has 1 fully saturated rings. The van der Waals surface area contributed by atoms with Gasteiger partial charge in [0.2, 0.25) is 12.0 Å². The summed E-state index contributed by atoms with van der Waals surface area (Å²) < 4.78 is 11.2. The number of para-hydroxylation sites is 2. The molecular weight excluding hydrogens is 392 g/mol. The number of thiazole rings is 1. The SMILES string of the molecule is Cc1nc(CN2CCC(C(=O)NNC(=O)C3COc4ccccc4O3)CC2)cs1. The van der Waals surface area contributed by atoms with Gasteiger partial charge in [0.25, 0.3) is 5.91 Å². The van der Waals surface area contributed by atoms with E-state index in [-0.39, 0.29) is 18.4 Å². The van der Waals surface area contributed by atoms with E-state index in [1.165, 1.54) is 0 Å². The zero-order valence-corrected chi connectivity index (χ0v) is 17.0. The highest BCUT2D eigenvalue weighted by atomic mass is 32.1. The fraction of sp³-hybridized carbons (Fsp3) is 0.450. The normalized spacial score (nSPS) is 19.6. The maximum absolute atomic E-state index is 12.4. The highest BCUT2D eigenvalue weighted by Gasteiger charge is 2.29. The van der Waals surface area contributed by atoms with Crippen molar-refractivity contribution in [3.05, 3.63) is 40.3 Å². The van der Waals surface area contributed by atoms with Crippen molar-refractivity contribution in [3.63, 3.8) is 0 Å². The van der Waals surface area contributed by atoms with E-state index >= 15 is 0 Å². The standard InChI is InChI=1S/C20H24N4O4S/c1-13-21-15(12-29-13)10-24-8-6-14(7-9-24)19(25)22-23-20(26)18-11-27-16-4-2-3-5-17(16)28-18/h2-5,12,14,18H,6-11H2,1H3,(H,22,25)(H,23,26). The van der Waals surface area contributed by atoms with Gasteiger partial charge in [0.15, 0.2) is 11.5 Å². The third kappa shape index (κ3) is 4.86. The lowest BCUT2D eigenvalue weighted by atomic mass is 9.96. The van der Waals surface area contributed by atoms with Gasteiger partial charge in [0.05, 0.1) is 10.7 Å². The number of nitrogens with zero attached hydrogens (tertiary/aromatic N) is 2. The third-order valence-electron chi connectivity index (χ3n) is 5.12. The number of aromatic nitrogens is 1. The van der Waals surface area contributed by atoms with E-state index in [0.717, 1.165) is 43.2 Å². The van der Waals surface area contributed by atoms with Crippen molar-refractivity contribution < 1.29 is 19.1 Å². The van der Waals surface area contributed by atoms with E-state index in [1.54, 1.807) is 23.5 Å². The molecule has 8 nitrogen and oxygen atoms in total. The molecule has 2 N–H and O–H groups in total. The molecule has 2 aliphatic rings. The molecule has 0 bridgehead atoms. The van der Waals surface area contributed by atoms with Crippen LogP contribution in [0.2, 0.25) is 0 Å². The van der Waals surface area contributed by atoms with Crippen LogP contribution in [0.15, 0.2) is 29.6 Å². The maximum Gasteiger partial charge on any atom is 0.283 e. The lowest BCUT2D eigenvalue weighted by Crippen LogP contribution is -2.53. The maximum atomic E-state index is 12.4. The van der Waals surface area contributed by atoms with Crippen molar-refractivity contribution in [1.82, 2.24) is 20.7 Å². The Labute approximate surface area is 173 Å². The number of nitrogens with one attached hydrogen (secondary N) is 2. The Morgan fingerprint density at radius 3 is 2.62 bits per heavy atom. The van der Waals surface area contributed by atoms with Crippen molar-refractivity contribution in [1.29, 1.82) is 0 Å². The number of hydrogen-bond donors (Lipinski definition) is 2. The van der Waals surface area contributed by atoms with Gasteiger partial charge in [-0.2, -0.15) is 0 Å². The Morgan fingerprint density at radius 2 is 1.90 bits per heavy atom. The van der Waals surface area contributed by atoms with Gasteiger partial charge in [-0.15, -0.1) is 11.3 Å². The van der Waals surface area contributed by atoms with Crippen LogP contribution in [-0.4, -0.2) is 47.5 Å². The van der Waals surface area contributed by atoms with Crippen LogP contribution >= 0.6 is 11.3 Å². The number of aryl methyl sites for hydroxylation is 1. The van der Waals surface area contributed by atoms with Crippen molar-refractivity contribution in [2.24, 2.45) is 5.92 Å². The van der Waals surface area contributed by atoms with E-state index in [1.807, 2.05) is 19.1 Å². The van der Waals surface area contributed by atoms with Crippen LogP contribution in [0.4, 0.5) is 0 Å². The Hall–Kier alpha value is -2.65. The minimum Gasteiger partial charge on any atom is -0.485 e. The second kappa shape index (κ2) is 8.79. The van der Waals surface area contributed by atoms with E-state index in [2.05, 4.69) is 26.1 Å². The molecule has 2 aliphatic heterocycles. The summed E-state index contributed by atoms with van der Waals surface area (Å²) in [6, 6.07) is 7.18. The first-order valence-corrected chi connectivity index (χ1v) is 10.6. The first-order valence-electron chi connectivity index (χ1n) is 9.70. The molecule has 1 aromatic heterocycles. The number of fused-ring (bicyclic) bond motifs is 1. The van der Waals surface area contributed by atoms with Gasteiger partial charge < -0.3 is 9.47 Å². The number of piperidine rings is 1. The Balaban J connectivity index is 1.20. The molecule has 3 heterocycles. The summed E-state index contributed by atoms with van der Waals surface area (Å²) in [5.74, 6) is 0.421. The smallest absolute Gasteiger partial charge is 0.283 e. The van der Waals surface area contributed by atoms with Crippen LogP contribution < -0.4 is 20.3 Å². The van der Waals surface area contributed by atoms with Crippen LogP contribution in [0.1, 0.15) is 23.5 Å². The van der Waals surface area contributed by atoms with Crippen LogP contribution in [0.25, 0.3) is 0 Å². The number of benzene rings is 1. The van der Waals surface area contributed by atoms with Crippen molar-refractivity contribution in [3.8, 4) is 11.5 Å². The predicted molar refractivity (Wildman–Crippen MR) is 107 cm³/mol. The fourth-order valence-corrected chi connectivity index (χ4v) is 4.12. The summed E-state index contributed by atoms with van der Waals surface area (Å²) in [7, 11) is 0. The minimum atomic E-state index is -0.798. The Kier molecular flexibility index (Phi) is 5.96. The number of hydrazine groups is 1. The van der Waals surface area contributed by atoms with Gasteiger partial charge in [-0.05, 0) is 45.0 Å². The molecule has 2 aromatic rings. The number of hydrogen-bond acceptors (Lipinski definition) is 7. The molecule has 1 saturated heterocycles. The molecule has 1 unspecified atom stereocenters. The number of likely N-dealkylation sites (tertiary alicyclic amines) is 1. The molecule has 1 aromatic carbocycles. The van der Waals surface area contributed by atoms with E-state index in [9.17, 15) is 9.59 Å². The van der Waals surface area contributed by atoms with Crippen molar-refractivity contribution in [2.75, 3.05) is 19.7 Å². The zero-order valence-electron chi connectivity index (χ0n) is 16.2. The second-order valence-electron chi connectivity index (χ2n) is 7.25. The zero-order chi connectivity index (χ0) is 20.2. The molecule has 29 heavy (non-hydrogen) atoms. The average molecular weight is 417 g/mol. The van der Waals surface area contributed by atoms with Crippen LogP contribution in [0.3, 0.4) is 0 Å². The first kappa shape index (κ1) is 19.7. The molecule has 0 radical (unpaired) electrons. The summed E-state index contributed by atoms with van der Waals surface area (Å²) in [6.07, 6.45) is 0.705. The van der Waals surface area contributed by atoms with Gasteiger partial charge in [-0.3, -0.25) is 25.3 Å². The van der Waals surface area contributed by atoms with Crippen LogP contribution in [0, 0.1) is 12.8 Å². The summed E-state index contributed by atoms with van der Waals surface area (Å²) in [5, 5.41) is 3.15. The number of ether oxygens (including phenoxy) is 2. The molecule has 4 rings (SSSR count). The Morgan fingerprint density at radius 1 is 1.17 bits per heavy atom. The van der Waals surface area contributed by atoms with Gasteiger partial charge in [0.1, 0.15) is 6.61 Å². The first-order chi connectivity index (χ1) is 14.1. The molecular formula is C20H24N4O4S. The fourth-order valence-electron chi connectivity index (χ4n) is 3.52. The molecule has 9 heteroatoms. The number of amides is 2. The number of rotatable bonds is 4. The monoisotopic (exact) mass is 416 g/mol. The molecule has 154 valence electrons. The topological polar surface area (TPSA) is 92.8 Å². The highest BCUT2D eigenvalue weighted by molar-refractivity contribution is 7.09. The van der Waals surface area contributed by atoms with E-state index in [0.29, 0.717) is 11.5 Å². The second-order valence-corrected chi connectivity index (χ2v) is 8.31. The highest BCUT2D eigenvalue weighted by Crippen LogP contribution is 2.30. The van der Waals surface area contributed by atoms with Gasteiger partial charge in [0, 0.05) is 17.8 Å². The quantitative estimate of drug-likeness (QED) is 0.737. The molecule has 1 atom stereocenters. The average Bonchev–Trinajstić information content (AvgIpc) is 3.16. The molecule has 0 spiro atoms. The van der Waals surface area contributed by atoms with Gasteiger partial charge in [-0.25, -0.2) is 4.98 Å². The van der Waals surface area contributed by atoms with Crippen molar-refractivity contribution >= 4 is 23.2 Å². The van der Waals surface area contributed by atoms with E-state index < -0.39 is 12.0 Å². The molecule has 0 aliphatic carbocycles. The summed E-state index contributed by atoms with van der Waals surface area (Å²) in [5.41, 5.74) is 6.09. The molecule has 2 amide bonds.